The maximum atomic E-state index is 12.8. The highest BCUT2D eigenvalue weighted by Gasteiger charge is 2.09. The van der Waals surface area contributed by atoms with Gasteiger partial charge in [-0.2, -0.15) is 0 Å². The molecule has 2 aromatic rings. The SMILES string of the molecule is CCc1c(C)nc(CSc2ccc(F)cc2)nc1NC. The van der Waals surface area contributed by atoms with Gasteiger partial charge in [0.25, 0.3) is 0 Å². The summed E-state index contributed by atoms with van der Waals surface area (Å²) in [5.74, 6) is 2.14. The van der Waals surface area contributed by atoms with E-state index in [0.717, 1.165) is 34.2 Å². The van der Waals surface area contributed by atoms with Gasteiger partial charge in [0.15, 0.2) is 0 Å². The van der Waals surface area contributed by atoms with E-state index in [4.69, 9.17) is 0 Å². The van der Waals surface area contributed by atoms with E-state index in [-0.39, 0.29) is 5.82 Å². The number of anilines is 1. The number of thioether (sulfide) groups is 1. The van der Waals surface area contributed by atoms with E-state index in [1.165, 1.54) is 12.1 Å². The van der Waals surface area contributed by atoms with Gasteiger partial charge in [-0.05, 0) is 37.6 Å². The Kier molecular flexibility index (Phi) is 4.95. The Morgan fingerprint density at radius 2 is 1.90 bits per heavy atom. The molecule has 1 aromatic heterocycles. The molecule has 106 valence electrons. The maximum absolute atomic E-state index is 12.8. The molecule has 0 amide bonds. The molecule has 0 aliphatic heterocycles. The van der Waals surface area contributed by atoms with Crippen LogP contribution in [0.3, 0.4) is 0 Å². The number of rotatable bonds is 5. The maximum Gasteiger partial charge on any atom is 0.141 e. The molecule has 3 nitrogen and oxygen atoms in total. The number of nitrogens with zero attached hydrogens (tertiary/aromatic N) is 2. The second-order valence-electron chi connectivity index (χ2n) is 4.40. The van der Waals surface area contributed by atoms with Crippen LogP contribution in [0.4, 0.5) is 10.2 Å². The molecule has 0 unspecified atom stereocenters. The zero-order valence-corrected chi connectivity index (χ0v) is 12.7. The quantitative estimate of drug-likeness (QED) is 0.850. The number of aromatic nitrogens is 2. The first-order valence-corrected chi connectivity index (χ1v) is 7.55. The van der Waals surface area contributed by atoms with Crippen LogP contribution in [0.2, 0.25) is 0 Å². The minimum atomic E-state index is -0.216. The van der Waals surface area contributed by atoms with Crippen molar-refractivity contribution in [1.29, 1.82) is 0 Å². The number of nitrogens with one attached hydrogen (secondary N) is 1. The molecule has 2 rings (SSSR count). The summed E-state index contributed by atoms with van der Waals surface area (Å²) < 4.78 is 12.8. The molecule has 1 aromatic carbocycles. The number of benzene rings is 1. The topological polar surface area (TPSA) is 37.8 Å². The fourth-order valence-electron chi connectivity index (χ4n) is 2.03. The molecular weight excluding hydrogens is 273 g/mol. The Morgan fingerprint density at radius 1 is 1.20 bits per heavy atom. The number of aryl methyl sites for hydroxylation is 1. The summed E-state index contributed by atoms with van der Waals surface area (Å²) in [6, 6.07) is 6.47. The van der Waals surface area contributed by atoms with Crippen LogP contribution in [0.5, 0.6) is 0 Å². The highest BCUT2D eigenvalue weighted by molar-refractivity contribution is 7.98. The van der Waals surface area contributed by atoms with E-state index >= 15 is 0 Å². The average Bonchev–Trinajstić information content (AvgIpc) is 2.46. The van der Waals surface area contributed by atoms with E-state index in [1.807, 2.05) is 14.0 Å². The molecule has 0 radical (unpaired) electrons. The fourth-order valence-corrected chi connectivity index (χ4v) is 2.78. The molecule has 0 saturated heterocycles. The van der Waals surface area contributed by atoms with E-state index < -0.39 is 0 Å². The van der Waals surface area contributed by atoms with E-state index in [2.05, 4.69) is 22.2 Å². The van der Waals surface area contributed by atoms with Gasteiger partial charge in [-0.1, -0.05) is 6.92 Å². The summed E-state index contributed by atoms with van der Waals surface area (Å²) in [7, 11) is 1.87. The first kappa shape index (κ1) is 14.8. The summed E-state index contributed by atoms with van der Waals surface area (Å²) >= 11 is 1.60. The van der Waals surface area contributed by atoms with E-state index in [0.29, 0.717) is 5.75 Å². The van der Waals surface area contributed by atoms with Crippen LogP contribution < -0.4 is 5.32 Å². The number of halogens is 1. The smallest absolute Gasteiger partial charge is 0.141 e. The monoisotopic (exact) mass is 291 g/mol. The molecule has 5 heteroatoms. The molecule has 1 heterocycles. The zero-order valence-electron chi connectivity index (χ0n) is 11.9. The molecule has 0 aliphatic rings. The lowest BCUT2D eigenvalue weighted by Gasteiger charge is -2.11. The van der Waals surface area contributed by atoms with Crippen molar-refractivity contribution in [3.63, 3.8) is 0 Å². The van der Waals surface area contributed by atoms with Crippen molar-refractivity contribution in [2.24, 2.45) is 0 Å². The van der Waals surface area contributed by atoms with Crippen molar-refractivity contribution in [2.75, 3.05) is 12.4 Å². The molecule has 1 N–H and O–H groups in total. The second-order valence-corrected chi connectivity index (χ2v) is 5.45. The first-order chi connectivity index (χ1) is 9.63. The van der Waals surface area contributed by atoms with Gasteiger partial charge in [0.2, 0.25) is 0 Å². The third kappa shape index (κ3) is 3.48. The zero-order chi connectivity index (χ0) is 14.5. The van der Waals surface area contributed by atoms with Crippen molar-refractivity contribution >= 4 is 17.6 Å². The largest absolute Gasteiger partial charge is 0.373 e. The molecule has 0 bridgehead atoms. The third-order valence-corrected chi connectivity index (χ3v) is 4.04. The van der Waals surface area contributed by atoms with Gasteiger partial charge in [0.05, 0.1) is 5.75 Å². The van der Waals surface area contributed by atoms with Crippen LogP contribution in [-0.4, -0.2) is 17.0 Å². The lowest BCUT2D eigenvalue weighted by atomic mass is 10.1. The van der Waals surface area contributed by atoms with Crippen LogP contribution in [0.15, 0.2) is 29.2 Å². The van der Waals surface area contributed by atoms with Crippen molar-refractivity contribution in [1.82, 2.24) is 9.97 Å². The minimum Gasteiger partial charge on any atom is -0.373 e. The van der Waals surface area contributed by atoms with Gasteiger partial charge < -0.3 is 5.32 Å². The Morgan fingerprint density at radius 3 is 2.50 bits per heavy atom. The van der Waals surface area contributed by atoms with E-state index in [9.17, 15) is 4.39 Å². The summed E-state index contributed by atoms with van der Waals surface area (Å²) in [4.78, 5) is 10.1. The molecule has 0 atom stereocenters. The van der Waals surface area contributed by atoms with E-state index in [1.54, 1.807) is 23.9 Å². The van der Waals surface area contributed by atoms with Gasteiger partial charge in [0.1, 0.15) is 17.5 Å². The van der Waals surface area contributed by atoms with Gasteiger partial charge in [-0.3, -0.25) is 0 Å². The predicted molar refractivity (Wildman–Crippen MR) is 81.7 cm³/mol. The summed E-state index contributed by atoms with van der Waals surface area (Å²) in [5, 5.41) is 3.12. The Balaban J connectivity index is 2.13. The first-order valence-electron chi connectivity index (χ1n) is 6.56. The molecule has 0 spiro atoms. The van der Waals surface area contributed by atoms with Gasteiger partial charge in [0, 0.05) is 23.2 Å². The van der Waals surface area contributed by atoms with Gasteiger partial charge in [-0.15, -0.1) is 11.8 Å². The number of hydrogen-bond donors (Lipinski definition) is 1. The van der Waals surface area contributed by atoms with Gasteiger partial charge >= 0.3 is 0 Å². The highest BCUT2D eigenvalue weighted by Crippen LogP contribution is 2.23. The van der Waals surface area contributed by atoms with Crippen molar-refractivity contribution in [3.05, 3.63) is 47.2 Å². The van der Waals surface area contributed by atoms with Crippen molar-refractivity contribution < 1.29 is 4.39 Å². The summed E-state index contributed by atoms with van der Waals surface area (Å²) in [6.07, 6.45) is 0.910. The predicted octanol–water partition coefficient (Wildman–Crippen LogP) is 3.82. The van der Waals surface area contributed by atoms with Crippen LogP contribution in [-0.2, 0) is 12.2 Å². The Hall–Kier alpha value is -1.62. The molecule has 0 fully saturated rings. The molecule has 20 heavy (non-hydrogen) atoms. The lowest BCUT2D eigenvalue weighted by molar-refractivity contribution is 0.626. The highest BCUT2D eigenvalue weighted by atomic mass is 32.2. The molecule has 0 aliphatic carbocycles. The molecular formula is C15H18FN3S. The Bertz CT molecular complexity index is 584. The van der Waals surface area contributed by atoms with Crippen molar-refractivity contribution in [2.45, 2.75) is 30.9 Å². The summed E-state index contributed by atoms with van der Waals surface area (Å²) in [6.45, 7) is 4.10. The second kappa shape index (κ2) is 6.70. The molecule has 0 saturated carbocycles. The van der Waals surface area contributed by atoms with Crippen LogP contribution in [0.1, 0.15) is 24.0 Å². The fraction of sp³-hybridized carbons (Fsp3) is 0.333. The van der Waals surface area contributed by atoms with Crippen LogP contribution >= 0.6 is 11.8 Å². The third-order valence-electron chi connectivity index (χ3n) is 3.03. The van der Waals surface area contributed by atoms with Gasteiger partial charge in [-0.25, -0.2) is 14.4 Å². The standard InChI is InChI=1S/C15H18FN3S/c1-4-13-10(2)18-14(19-15(13)17-3)9-20-12-7-5-11(16)6-8-12/h5-8H,4,9H2,1-3H3,(H,17,18,19). The van der Waals surface area contributed by atoms with Crippen LogP contribution in [0, 0.1) is 12.7 Å². The number of hydrogen-bond acceptors (Lipinski definition) is 4. The average molecular weight is 291 g/mol. The van der Waals surface area contributed by atoms with Crippen molar-refractivity contribution in [3.8, 4) is 0 Å². The normalized spacial score (nSPS) is 10.6. The Labute approximate surface area is 123 Å². The minimum absolute atomic E-state index is 0.216. The summed E-state index contributed by atoms with van der Waals surface area (Å²) in [5.41, 5.74) is 2.17. The van der Waals surface area contributed by atoms with Crippen LogP contribution in [0.25, 0.3) is 0 Å². The lowest BCUT2D eigenvalue weighted by Crippen LogP contribution is -2.06.